The maximum atomic E-state index is 13.3. The first-order chi connectivity index (χ1) is 18.7. The molecule has 2 aromatic carbocycles. The van der Waals surface area contributed by atoms with Crippen LogP contribution in [0.5, 0.6) is 5.75 Å². The monoisotopic (exact) mass is 657 g/mol. The number of halogens is 2. The molecular formula is C29H25Br2NO7. The number of carboxylic acid groups (broad SMARTS) is 2. The lowest BCUT2D eigenvalue weighted by molar-refractivity contribution is -0.138. The van der Waals surface area contributed by atoms with Crippen molar-refractivity contribution < 1.29 is 34.1 Å². The molecule has 202 valence electrons. The van der Waals surface area contributed by atoms with E-state index in [4.69, 9.17) is 9.84 Å². The molecule has 0 atom stereocenters. The van der Waals surface area contributed by atoms with Gasteiger partial charge in [-0.05, 0) is 92.9 Å². The van der Waals surface area contributed by atoms with E-state index in [9.17, 15) is 24.3 Å². The normalized spacial score (nSPS) is 17.7. The SMILES string of the molecule is O=C(O)CN1C2=C(C(=O)CCC2)C(c2cc(Br)c(OCc3ccc(C(=O)O)cc3)c(Br)c2)C2=C1CCCC2=O. The molecule has 0 aromatic heterocycles. The Labute approximate surface area is 241 Å². The second-order valence-corrected chi connectivity index (χ2v) is 11.5. The van der Waals surface area contributed by atoms with Gasteiger partial charge >= 0.3 is 11.9 Å². The van der Waals surface area contributed by atoms with Crippen LogP contribution in [0, 0.1) is 0 Å². The van der Waals surface area contributed by atoms with Crippen LogP contribution < -0.4 is 4.74 Å². The molecule has 0 amide bonds. The van der Waals surface area contributed by atoms with E-state index >= 15 is 0 Å². The third-order valence-electron chi connectivity index (χ3n) is 7.32. The van der Waals surface area contributed by atoms with E-state index in [1.54, 1.807) is 17.0 Å². The smallest absolute Gasteiger partial charge is 0.335 e. The number of rotatable bonds is 7. The second kappa shape index (κ2) is 11.1. The summed E-state index contributed by atoms with van der Waals surface area (Å²) in [5.41, 5.74) is 4.18. The van der Waals surface area contributed by atoms with Gasteiger partial charge in [0.2, 0.25) is 0 Å². The highest BCUT2D eigenvalue weighted by molar-refractivity contribution is 9.11. The van der Waals surface area contributed by atoms with Crippen LogP contribution >= 0.6 is 31.9 Å². The van der Waals surface area contributed by atoms with Crippen molar-refractivity contribution in [2.45, 2.75) is 51.0 Å². The predicted molar refractivity (Wildman–Crippen MR) is 148 cm³/mol. The largest absolute Gasteiger partial charge is 0.487 e. The summed E-state index contributed by atoms with van der Waals surface area (Å²) >= 11 is 7.19. The Kier molecular flexibility index (Phi) is 7.77. The Morgan fingerprint density at radius 2 is 1.41 bits per heavy atom. The Balaban J connectivity index is 1.53. The first kappa shape index (κ1) is 27.3. The summed E-state index contributed by atoms with van der Waals surface area (Å²) in [5.74, 6) is -2.17. The van der Waals surface area contributed by atoms with Crippen molar-refractivity contribution >= 4 is 55.4 Å². The van der Waals surface area contributed by atoms with Gasteiger partial charge in [0.25, 0.3) is 0 Å². The lowest BCUT2D eigenvalue weighted by atomic mass is 9.71. The number of carboxylic acids is 2. The van der Waals surface area contributed by atoms with E-state index in [-0.39, 0.29) is 30.3 Å². The minimum absolute atomic E-state index is 0.0565. The van der Waals surface area contributed by atoms with Crippen molar-refractivity contribution in [1.82, 2.24) is 4.90 Å². The number of carbonyl (C=O) groups excluding carboxylic acids is 2. The highest BCUT2D eigenvalue weighted by Crippen LogP contribution is 2.50. The number of benzene rings is 2. The molecule has 3 aliphatic rings. The summed E-state index contributed by atoms with van der Waals surface area (Å²) in [6, 6.07) is 10.1. The van der Waals surface area contributed by atoms with Gasteiger partial charge in [0.15, 0.2) is 11.6 Å². The average molecular weight is 659 g/mol. The molecule has 0 radical (unpaired) electrons. The summed E-state index contributed by atoms with van der Waals surface area (Å²) < 4.78 is 7.29. The van der Waals surface area contributed by atoms with E-state index in [0.717, 1.165) is 11.1 Å². The Hall–Kier alpha value is -3.24. The molecule has 0 unspecified atom stereocenters. The fourth-order valence-electron chi connectivity index (χ4n) is 5.66. The van der Waals surface area contributed by atoms with Crippen molar-refractivity contribution in [2.75, 3.05) is 6.54 Å². The molecule has 2 aliphatic carbocycles. The van der Waals surface area contributed by atoms with Crippen LogP contribution in [0.15, 0.2) is 67.9 Å². The number of Topliss-reactive ketones (excluding diaryl/α,β-unsaturated/α-hetero) is 2. The number of carbonyl (C=O) groups is 4. The first-order valence-electron chi connectivity index (χ1n) is 12.6. The van der Waals surface area contributed by atoms with Gasteiger partial charge in [0.1, 0.15) is 18.9 Å². The number of hydrogen-bond acceptors (Lipinski definition) is 6. The zero-order chi connectivity index (χ0) is 27.8. The van der Waals surface area contributed by atoms with E-state index in [0.29, 0.717) is 75.8 Å². The summed E-state index contributed by atoms with van der Waals surface area (Å²) in [6.07, 6.45) is 3.17. The van der Waals surface area contributed by atoms with Crippen molar-refractivity contribution in [3.05, 3.63) is 84.6 Å². The van der Waals surface area contributed by atoms with E-state index in [1.165, 1.54) is 12.1 Å². The van der Waals surface area contributed by atoms with Crippen molar-refractivity contribution in [2.24, 2.45) is 0 Å². The third kappa shape index (κ3) is 5.32. The minimum Gasteiger partial charge on any atom is -0.487 e. The molecule has 1 aliphatic heterocycles. The third-order valence-corrected chi connectivity index (χ3v) is 8.50. The summed E-state index contributed by atoms with van der Waals surface area (Å²) in [4.78, 5) is 51.2. The molecule has 0 saturated heterocycles. The maximum absolute atomic E-state index is 13.3. The predicted octanol–water partition coefficient (Wildman–Crippen LogP) is 5.99. The fraction of sp³-hybridized carbons (Fsp3) is 0.310. The number of hydrogen-bond donors (Lipinski definition) is 2. The Bertz CT molecular complexity index is 1390. The molecule has 39 heavy (non-hydrogen) atoms. The van der Waals surface area contributed by atoms with Crippen LogP contribution in [0.2, 0.25) is 0 Å². The molecule has 10 heteroatoms. The molecule has 5 rings (SSSR count). The molecule has 0 spiro atoms. The molecule has 2 aromatic rings. The van der Waals surface area contributed by atoms with Gasteiger partial charge < -0.3 is 19.8 Å². The molecule has 2 N–H and O–H groups in total. The van der Waals surface area contributed by atoms with Gasteiger partial charge in [-0.25, -0.2) is 4.79 Å². The zero-order valence-electron chi connectivity index (χ0n) is 20.8. The van der Waals surface area contributed by atoms with Gasteiger partial charge in [0, 0.05) is 41.3 Å². The van der Waals surface area contributed by atoms with Crippen molar-refractivity contribution in [3.8, 4) is 5.75 Å². The van der Waals surface area contributed by atoms with E-state index in [2.05, 4.69) is 31.9 Å². The average Bonchev–Trinajstić information content (AvgIpc) is 2.89. The lowest BCUT2D eigenvalue weighted by Gasteiger charge is -2.43. The number of allylic oxidation sites excluding steroid dienone is 4. The van der Waals surface area contributed by atoms with Crippen molar-refractivity contribution in [3.63, 3.8) is 0 Å². The summed E-state index contributed by atoms with van der Waals surface area (Å²) in [6.45, 7) is -0.0792. The number of nitrogens with zero attached hydrogens (tertiary/aromatic N) is 1. The molecular weight excluding hydrogens is 634 g/mol. The standard InChI is InChI=1S/C29H25Br2NO7/c30-18-11-17(12-19(31)28(18)39-14-15-7-9-16(10-8-15)29(37)38)25-26-20(3-1-5-22(26)33)32(13-24(35)36)21-4-2-6-23(34)27(21)25/h7-12,25H,1-6,13-14H2,(H,35,36)(H,37,38). The Morgan fingerprint density at radius 3 is 1.90 bits per heavy atom. The summed E-state index contributed by atoms with van der Waals surface area (Å²) in [5, 5.41) is 18.7. The minimum atomic E-state index is -1.01. The maximum Gasteiger partial charge on any atom is 0.335 e. The van der Waals surface area contributed by atoms with Crippen LogP contribution in [-0.2, 0) is 21.0 Å². The highest BCUT2D eigenvalue weighted by atomic mass is 79.9. The summed E-state index contributed by atoms with van der Waals surface area (Å²) in [7, 11) is 0. The Morgan fingerprint density at radius 1 is 0.872 bits per heavy atom. The van der Waals surface area contributed by atoms with Crippen molar-refractivity contribution in [1.29, 1.82) is 0 Å². The molecule has 8 nitrogen and oxygen atoms in total. The number of aromatic carboxylic acids is 1. The molecule has 0 bridgehead atoms. The van der Waals surface area contributed by atoms with Gasteiger partial charge in [-0.15, -0.1) is 0 Å². The highest BCUT2D eigenvalue weighted by Gasteiger charge is 2.44. The van der Waals surface area contributed by atoms with Gasteiger partial charge in [-0.2, -0.15) is 0 Å². The number of aliphatic carboxylic acids is 1. The van der Waals surface area contributed by atoms with E-state index < -0.39 is 17.9 Å². The van der Waals surface area contributed by atoms with Crippen LogP contribution in [0.1, 0.15) is 65.9 Å². The topological polar surface area (TPSA) is 121 Å². The molecule has 1 heterocycles. The van der Waals surface area contributed by atoms with Gasteiger partial charge in [-0.3, -0.25) is 14.4 Å². The van der Waals surface area contributed by atoms with Gasteiger partial charge in [-0.1, -0.05) is 12.1 Å². The van der Waals surface area contributed by atoms with Gasteiger partial charge in [0.05, 0.1) is 14.5 Å². The molecule has 0 saturated carbocycles. The first-order valence-corrected chi connectivity index (χ1v) is 14.2. The molecule has 0 fully saturated rings. The van der Waals surface area contributed by atoms with E-state index in [1.807, 2.05) is 12.1 Å². The van der Waals surface area contributed by atoms with Crippen LogP contribution in [0.3, 0.4) is 0 Å². The lowest BCUT2D eigenvalue weighted by Crippen LogP contribution is -2.41. The van der Waals surface area contributed by atoms with Crippen LogP contribution in [-0.4, -0.2) is 45.2 Å². The quantitative estimate of drug-likeness (QED) is 0.372. The zero-order valence-corrected chi connectivity index (χ0v) is 24.0. The second-order valence-electron chi connectivity index (χ2n) is 9.79. The number of ether oxygens (including phenoxy) is 1. The fourth-order valence-corrected chi connectivity index (χ4v) is 7.11. The number of ketones is 2. The van der Waals surface area contributed by atoms with Crippen LogP contribution in [0.25, 0.3) is 0 Å². The van der Waals surface area contributed by atoms with Crippen LogP contribution in [0.4, 0.5) is 0 Å².